The van der Waals surface area contributed by atoms with Crippen LogP contribution >= 0.6 is 75.8 Å². The summed E-state index contributed by atoms with van der Waals surface area (Å²) in [6.07, 6.45) is 1.62. The van der Waals surface area contributed by atoms with E-state index >= 15 is 0 Å². The van der Waals surface area contributed by atoms with Gasteiger partial charge >= 0.3 is 0 Å². The Morgan fingerprint density at radius 2 is 0.950 bits per heavy atom. The third-order valence-electron chi connectivity index (χ3n) is 7.70. The first kappa shape index (κ1) is 31.9. The Hall–Kier alpha value is -1.02. The van der Waals surface area contributed by atoms with E-state index < -0.39 is 5.41 Å². The SMILES string of the molecule is S[CH]CCC(C(S)c1ccccc1)C([C](S)C(S)c1ccccc1)(C(S)c1ccccc1)C(S)c1ccccc1. The summed E-state index contributed by atoms with van der Waals surface area (Å²) >= 11 is 31.5. The van der Waals surface area contributed by atoms with Gasteiger partial charge in [0.2, 0.25) is 0 Å². The Balaban J connectivity index is 2.02. The molecule has 0 aromatic heterocycles. The van der Waals surface area contributed by atoms with Gasteiger partial charge in [-0.2, -0.15) is 75.8 Å². The lowest BCUT2D eigenvalue weighted by molar-refractivity contribution is 0.165. The monoisotopic (exact) mass is 636 g/mol. The highest BCUT2D eigenvalue weighted by atomic mass is 32.1. The molecule has 6 heteroatoms. The fraction of sp³-hybridized carbons (Fsp3) is 0.235. The second-order valence-electron chi connectivity index (χ2n) is 9.98. The zero-order valence-electron chi connectivity index (χ0n) is 22.1. The lowest BCUT2D eigenvalue weighted by Gasteiger charge is -2.54. The maximum Gasteiger partial charge on any atom is 0.0537 e. The summed E-state index contributed by atoms with van der Waals surface area (Å²) in [4.78, 5) is 0. The average Bonchev–Trinajstić information content (AvgIpc) is 3.03. The number of rotatable bonds is 13. The summed E-state index contributed by atoms with van der Waals surface area (Å²) in [5.41, 5.74) is 3.75. The van der Waals surface area contributed by atoms with Crippen LogP contribution in [-0.2, 0) is 0 Å². The highest BCUT2D eigenvalue weighted by Crippen LogP contribution is 2.68. The minimum Gasteiger partial charge on any atom is -0.175 e. The third-order valence-corrected chi connectivity index (χ3v) is 11.5. The van der Waals surface area contributed by atoms with Crippen molar-refractivity contribution in [2.45, 2.75) is 33.8 Å². The molecule has 0 aliphatic heterocycles. The summed E-state index contributed by atoms with van der Waals surface area (Å²) < 4.78 is 0. The molecule has 0 nitrogen and oxygen atoms in total. The molecule has 208 valence electrons. The molecule has 0 saturated heterocycles. The lowest BCUT2D eigenvalue weighted by Crippen LogP contribution is -2.45. The highest BCUT2D eigenvalue weighted by molar-refractivity contribution is 7.87. The van der Waals surface area contributed by atoms with Crippen LogP contribution in [0, 0.1) is 22.3 Å². The minimum atomic E-state index is -0.695. The van der Waals surface area contributed by atoms with Gasteiger partial charge in [-0.05, 0) is 41.0 Å². The fourth-order valence-corrected chi connectivity index (χ4v) is 8.98. The van der Waals surface area contributed by atoms with E-state index in [0.29, 0.717) is 0 Å². The van der Waals surface area contributed by atoms with Crippen molar-refractivity contribution in [2.24, 2.45) is 11.3 Å². The zero-order valence-corrected chi connectivity index (χ0v) is 27.5. The molecule has 0 amide bonds. The van der Waals surface area contributed by atoms with E-state index in [4.69, 9.17) is 63.1 Å². The van der Waals surface area contributed by atoms with Gasteiger partial charge in [0.25, 0.3) is 0 Å². The van der Waals surface area contributed by atoms with E-state index in [1.54, 1.807) is 0 Å². The van der Waals surface area contributed by atoms with Crippen molar-refractivity contribution in [3.8, 4) is 0 Å². The maximum atomic E-state index is 5.49. The van der Waals surface area contributed by atoms with Gasteiger partial charge in [0.15, 0.2) is 0 Å². The lowest BCUT2D eigenvalue weighted by atomic mass is 9.60. The predicted octanol–water partition coefficient (Wildman–Crippen LogP) is 10.6. The van der Waals surface area contributed by atoms with Crippen LogP contribution in [0.3, 0.4) is 0 Å². The molecule has 0 aliphatic carbocycles. The van der Waals surface area contributed by atoms with Gasteiger partial charge in [-0.1, -0.05) is 121 Å². The summed E-state index contributed by atoms with van der Waals surface area (Å²) in [6.45, 7) is 0. The van der Waals surface area contributed by atoms with Crippen LogP contribution in [-0.4, -0.2) is 0 Å². The molecule has 0 saturated carbocycles. The average molecular weight is 637 g/mol. The third kappa shape index (κ3) is 6.95. The highest BCUT2D eigenvalue weighted by Gasteiger charge is 2.57. The molecule has 5 atom stereocenters. The summed E-state index contributed by atoms with van der Waals surface area (Å²) in [5, 5.41) is 0.0229. The largest absolute Gasteiger partial charge is 0.175 e. The molecule has 0 spiro atoms. The van der Waals surface area contributed by atoms with Crippen LogP contribution in [0.25, 0.3) is 0 Å². The molecular weight excluding hydrogens is 601 g/mol. The quantitative estimate of drug-likeness (QED) is 0.0773. The first-order valence-corrected chi connectivity index (χ1v) is 16.4. The zero-order chi connectivity index (χ0) is 28.5. The molecule has 0 fully saturated rings. The first-order valence-electron chi connectivity index (χ1n) is 13.4. The van der Waals surface area contributed by atoms with Crippen molar-refractivity contribution in [2.75, 3.05) is 0 Å². The van der Waals surface area contributed by atoms with Crippen molar-refractivity contribution in [3.05, 3.63) is 155 Å². The van der Waals surface area contributed by atoms with Crippen LogP contribution in [0.1, 0.15) is 56.1 Å². The number of hydrogen-bond acceptors (Lipinski definition) is 6. The molecule has 4 aromatic rings. The normalized spacial score (nSPS) is 17.0. The van der Waals surface area contributed by atoms with E-state index in [1.807, 2.05) is 42.2 Å². The summed E-state index contributed by atoms with van der Waals surface area (Å²) in [7, 11) is 0. The molecule has 0 bridgehead atoms. The van der Waals surface area contributed by atoms with Gasteiger partial charge in [-0.15, -0.1) is 0 Å². The smallest absolute Gasteiger partial charge is 0.0537 e. The number of benzene rings is 4. The van der Waals surface area contributed by atoms with Crippen LogP contribution < -0.4 is 0 Å². The topological polar surface area (TPSA) is 0 Å². The molecule has 5 unspecified atom stereocenters. The Morgan fingerprint density at radius 1 is 0.575 bits per heavy atom. The molecule has 2 radical (unpaired) electrons. The van der Waals surface area contributed by atoms with Gasteiger partial charge in [0, 0.05) is 32.2 Å². The molecule has 4 rings (SSSR count). The Kier molecular flexibility index (Phi) is 12.3. The minimum absolute atomic E-state index is 0.0297. The summed E-state index contributed by atoms with van der Waals surface area (Å²) in [6, 6.07) is 41.8. The van der Waals surface area contributed by atoms with E-state index in [1.165, 1.54) is 0 Å². The van der Waals surface area contributed by atoms with Crippen LogP contribution in [0.4, 0.5) is 0 Å². The van der Waals surface area contributed by atoms with Crippen LogP contribution in [0.2, 0.25) is 0 Å². The molecule has 0 N–H and O–H groups in total. The summed E-state index contributed by atoms with van der Waals surface area (Å²) in [5.74, 6) is 1.90. The van der Waals surface area contributed by atoms with Crippen LogP contribution in [0.15, 0.2) is 121 Å². The maximum absolute atomic E-state index is 5.49. The van der Waals surface area contributed by atoms with E-state index in [-0.39, 0.29) is 26.9 Å². The molecule has 40 heavy (non-hydrogen) atoms. The van der Waals surface area contributed by atoms with Crippen molar-refractivity contribution in [1.82, 2.24) is 0 Å². The van der Waals surface area contributed by atoms with Crippen molar-refractivity contribution in [1.29, 1.82) is 0 Å². The standard InChI is InChI=1S/C34H36S6/c35-23-13-22-28(29(36)24-14-5-1-6-15-24)34(31(38)26-18-9-3-10-19-26,32(39)27-20-11-4-12-21-27)33(40)30(37)25-16-7-2-8-17-25/h1-12,14-21,23,28-32,35-40H,13,22H2. The van der Waals surface area contributed by atoms with Crippen molar-refractivity contribution in [3.63, 3.8) is 0 Å². The van der Waals surface area contributed by atoms with Gasteiger partial charge in [-0.3, -0.25) is 0 Å². The van der Waals surface area contributed by atoms with Crippen molar-refractivity contribution >= 4 is 75.8 Å². The van der Waals surface area contributed by atoms with E-state index in [9.17, 15) is 0 Å². The van der Waals surface area contributed by atoms with Crippen molar-refractivity contribution < 1.29 is 0 Å². The molecule has 0 heterocycles. The Labute approximate surface area is 273 Å². The Morgan fingerprint density at radius 3 is 1.35 bits per heavy atom. The number of thiol groups is 6. The number of hydrogen-bond donors (Lipinski definition) is 6. The van der Waals surface area contributed by atoms with Gasteiger partial charge in [0.05, 0.1) is 5.25 Å². The van der Waals surface area contributed by atoms with E-state index in [0.717, 1.165) is 40.3 Å². The van der Waals surface area contributed by atoms with Gasteiger partial charge in [-0.25, -0.2) is 0 Å². The first-order chi connectivity index (χ1) is 19.4. The van der Waals surface area contributed by atoms with Crippen LogP contribution in [0.5, 0.6) is 0 Å². The van der Waals surface area contributed by atoms with Gasteiger partial charge in [0.1, 0.15) is 0 Å². The predicted molar refractivity (Wildman–Crippen MR) is 193 cm³/mol. The molecule has 4 aromatic carbocycles. The molecular formula is C34H36S6. The second-order valence-corrected chi connectivity index (χ2v) is 12.9. The second kappa shape index (κ2) is 15.5. The van der Waals surface area contributed by atoms with E-state index in [2.05, 4.69) is 97.6 Å². The molecule has 0 aliphatic rings. The Bertz CT molecular complexity index is 1220. The van der Waals surface area contributed by atoms with Gasteiger partial charge < -0.3 is 0 Å². The fourth-order valence-electron chi connectivity index (χ4n) is 5.67.